The van der Waals surface area contributed by atoms with Crippen molar-refractivity contribution in [2.75, 3.05) is 157 Å². The number of alkyl halides is 1. The van der Waals surface area contributed by atoms with Crippen molar-refractivity contribution in [2.24, 2.45) is 0 Å². The smallest absolute Gasteiger partial charge is 0.410 e. The summed E-state index contributed by atoms with van der Waals surface area (Å²) < 4.78 is 164. The molecular weight excluding hydrogens is 2000 g/mol. The fourth-order valence-electron chi connectivity index (χ4n) is 19.9. The van der Waals surface area contributed by atoms with E-state index in [1.54, 1.807) is 92.9 Å². The van der Waals surface area contributed by atoms with Gasteiger partial charge in [-0.2, -0.15) is 20.4 Å². The van der Waals surface area contributed by atoms with Gasteiger partial charge in [-0.15, -0.1) is 0 Å². The number of rotatable bonds is 35. The molecule has 8 aliphatic rings. The third kappa shape index (κ3) is 23.4. The van der Waals surface area contributed by atoms with Gasteiger partial charge in [0.25, 0.3) is 23.6 Å². The maximum atomic E-state index is 14.7. The Morgan fingerprint density at radius 3 is 0.933 bits per heavy atom. The predicted octanol–water partition coefficient (Wildman–Crippen LogP) is 14.7. The number of hydrogen-bond donors (Lipinski definition) is 4. The Labute approximate surface area is 875 Å². The molecule has 0 radical (unpaired) electrons. The lowest BCUT2D eigenvalue weighted by Crippen LogP contribution is -2.65. The average molecular weight is 2140 g/mol. The largest absolute Gasteiger partial charge is 0.444 e. The summed E-state index contributed by atoms with van der Waals surface area (Å²) in [5.41, 5.74) is 12.6. The van der Waals surface area contributed by atoms with Gasteiger partial charge in [-0.25, -0.2) is 66.6 Å². The van der Waals surface area contributed by atoms with Crippen LogP contribution in [0.4, 0.5) is 31.9 Å². The summed E-state index contributed by atoms with van der Waals surface area (Å²) in [5.74, 6) is 0.297. The summed E-state index contributed by atoms with van der Waals surface area (Å²) in [5, 5.41) is 32.6. The molecule has 0 unspecified atom stereocenters. The van der Waals surface area contributed by atoms with Gasteiger partial charge in [0.15, 0.2) is 11.5 Å². The van der Waals surface area contributed by atoms with Crippen LogP contribution in [0, 0.1) is 27.7 Å². The van der Waals surface area contributed by atoms with Gasteiger partial charge in [0.2, 0.25) is 40.1 Å². The molecule has 42 heteroatoms. The topological polar surface area (TPSA) is 426 Å². The molecule has 5 saturated carbocycles. The highest BCUT2D eigenvalue weighted by Gasteiger charge is 2.50. The van der Waals surface area contributed by atoms with E-state index in [9.17, 15) is 62.0 Å². The highest BCUT2D eigenvalue weighted by atomic mass is 32.2. The molecule has 0 bridgehead atoms. The number of anilines is 4. The van der Waals surface area contributed by atoms with Gasteiger partial charge in [0, 0.05) is 110 Å². The quantitative estimate of drug-likeness (QED) is 0.0286. The van der Waals surface area contributed by atoms with Gasteiger partial charge < -0.3 is 54.6 Å². The number of aryl methyl sites for hydroxylation is 4. The van der Waals surface area contributed by atoms with Crippen molar-refractivity contribution >= 4 is 136 Å². The minimum atomic E-state index is -3.71. The maximum absolute atomic E-state index is 14.7. The van der Waals surface area contributed by atoms with Crippen molar-refractivity contribution in [3.63, 3.8) is 0 Å². The zero-order valence-corrected chi connectivity index (χ0v) is 91.6. The third-order valence-electron chi connectivity index (χ3n) is 29.4. The van der Waals surface area contributed by atoms with Crippen molar-refractivity contribution in [1.82, 2.24) is 70.3 Å². The first-order chi connectivity index (χ1) is 71.0. The normalized spacial score (nSPS) is 17.0. The van der Waals surface area contributed by atoms with Crippen molar-refractivity contribution in [3.05, 3.63) is 207 Å². The maximum Gasteiger partial charge on any atom is 0.410 e. The van der Waals surface area contributed by atoms with Crippen molar-refractivity contribution in [2.45, 2.75) is 197 Å². The Morgan fingerprint density at radius 1 is 0.400 bits per heavy atom. The van der Waals surface area contributed by atoms with Gasteiger partial charge >= 0.3 is 6.09 Å². The van der Waals surface area contributed by atoms with Crippen LogP contribution in [0.1, 0.15) is 227 Å². The number of amides is 5. The molecule has 7 aromatic carbocycles. The number of aromatic nitrogens is 9. The van der Waals surface area contributed by atoms with Crippen LogP contribution in [-0.2, 0) is 68.5 Å². The highest BCUT2D eigenvalue weighted by Crippen LogP contribution is 2.53. The molecule has 802 valence electrons. The second kappa shape index (κ2) is 42.6. The molecular formula is C108H135FN18O19S4. The molecule has 3 aliphatic heterocycles. The number of carbonyl (C=O) groups is 5. The number of methoxy groups -OCH3 is 3. The lowest BCUT2D eigenvalue weighted by Gasteiger charge is -2.49. The van der Waals surface area contributed by atoms with Crippen LogP contribution in [0.15, 0.2) is 140 Å². The fraction of sp³-hybridized carbons (Fsp3) is 0.481. The number of sulfonamides is 4. The molecule has 8 heterocycles. The van der Waals surface area contributed by atoms with Gasteiger partial charge in [0.1, 0.15) is 39.6 Å². The molecule has 5 amide bonds. The van der Waals surface area contributed by atoms with E-state index in [0.29, 0.717) is 142 Å². The summed E-state index contributed by atoms with van der Waals surface area (Å²) >= 11 is 0. The lowest BCUT2D eigenvalue weighted by atomic mass is 9.77. The second-order valence-electron chi connectivity index (χ2n) is 42.2. The molecule has 5 aromatic heterocycles. The molecule has 4 N–H and O–H groups in total. The Hall–Kier alpha value is -12.6. The Balaban J connectivity index is 0.000000137. The number of nitrogens with one attached hydrogen (secondary N) is 4. The summed E-state index contributed by atoms with van der Waals surface area (Å²) in [7, 11) is -3.30. The molecule has 37 nitrogen and oxygen atoms in total. The molecule has 20 rings (SSSR count). The predicted molar refractivity (Wildman–Crippen MR) is 576 cm³/mol. The standard InChI is InChI=1S/C31H41N5O6S.C27H34N4O4S.C25H29FN4O4S.C25H31N5O5S/c1-20-8-12-22(13-9-20)36-27(28(37)32-5)24-16-23(21-10-11-21)26(17-25(24)33-36)35(43(7,39)40)15-14-31(41-6)18-34(19-31)29(38)42-30(2,3)4;1-18-6-10-20(11-7-18)31-25(26(32)28-2)22-16-21(19-8-9-19)24(17-23(22)29-31)30(36(4,33)34)15-14-27(35-3)12-5-13-27;1-16-4-8-18(9-5-16)30-23(24(31)27-2)20-12-19(17-6-7-17)22(13-21(20)28-30)29(35(3,32)33)11-10-25(26)14-34-15-25;1-16-5-8-22(27-13-16)30-23(24(31)26-2)19-11-18(17-6-7-17)21(12-20(19)28-30)29(36(4,32)33)10-9-25(34-3)14-35-15-25/h8-9,12-13,16-17,21H,10-11,14-15,18-19H2,1-7H3,(H,32,37);6-7,10-11,16-17,19H,5,8-9,12-15H2,1-4H3,(H,28,32);4-5,8-9,12-13,17H,6-7,10-11,14-15H2,1-3H3,(H,27,31);5,8,11-13,17H,6-7,9-10,14-15H2,1-4H3,(H,26,31). The van der Waals surface area contributed by atoms with Gasteiger partial charge in [-0.3, -0.25) is 36.4 Å². The lowest BCUT2D eigenvalue weighted by molar-refractivity contribution is -0.197. The SMILES string of the molecule is CNC(=O)c1c2cc(C3CC3)c(N(CCC3(F)COC3)S(C)(=O)=O)cc2nn1-c1ccc(C)cc1.CNC(=O)c1c2cc(C3CC3)c(N(CCC3(OC)CCC3)S(C)(=O)=O)cc2nn1-c1ccc(C)cc1.CNC(=O)c1c2cc(C3CC3)c(N(CCC3(OC)CN(C(=O)OC(C)(C)C)C3)S(C)(=O)=O)cc2nn1-c1ccc(C)cc1.CNC(=O)c1c2cc(C3CC3)c(N(CCC3(OC)COC3)S(C)(=O)=O)cc2nn1-c1ccc(C)cn1. The highest BCUT2D eigenvalue weighted by molar-refractivity contribution is 7.93. The number of carbonyl (C=O) groups excluding carboxylic acids is 5. The minimum Gasteiger partial charge on any atom is -0.444 e. The summed E-state index contributed by atoms with van der Waals surface area (Å²) in [6.07, 6.45) is 18.3. The van der Waals surface area contributed by atoms with E-state index >= 15 is 0 Å². The number of likely N-dealkylation sites (tertiary alicyclic amines) is 1. The molecule has 0 atom stereocenters. The Bertz CT molecular complexity index is 7420. The van der Waals surface area contributed by atoms with E-state index in [-0.39, 0.29) is 92.2 Å². The summed E-state index contributed by atoms with van der Waals surface area (Å²) in [6, 6.07) is 41.8. The Morgan fingerprint density at radius 2 is 0.687 bits per heavy atom. The molecule has 12 aromatic rings. The van der Waals surface area contributed by atoms with E-state index in [2.05, 4.69) is 26.3 Å². The molecule has 150 heavy (non-hydrogen) atoms. The molecule has 8 fully saturated rings. The van der Waals surface area contributed by atoms with Crippen LogP contribution in [0.3, 0.4) is 0 Å². The van der Waals surface area contributed by atoms with E-state index < -0.39 is 68.7 Å². The second-order valence-corrected chi connectivity index (χ2v) is 49.8. The third-order valence-corrected chi connectivity index (χ3v) is 34.2. The van der Waals surface area contributed by atoms with Crippen LogP contribution in [0.2, 0.25) is 0 Å². The minimum absolute atomic E-state index is 0.00486. The Kier molecular flexibility index (Phi) is 30.9. The zero-order valence-electron chi connectivity index (χ0n) is 88.3. The molecule has 0 spiro atoms. The first-order valence-electron chi connectivity index (χ1n) is 50.7. The monoisotopic (exact) mass is 2130 g/mol. The first-order valence-corrected chi connectivity index (χ1v) is 58.1. The first kappa shape index (κ1) is 109. The van der Waals surface area contributed by atoms with Gasteiger partial charge in [-0.05, 0) is 281 Å². The van der Waals surface area contributed by atoms with Crippen LogP contribution >= 0.6 is 0 Å². The zero-order chi connectivity index (χ0) is 108. The van der Waals surface area contributed by atoms with Crippen molar-refractivity contribution in [3.8, 4) is 22.9 Å². The number of fused-ring (bicyclic) bond motifs is 4. The number of benzene rings is 7. The number of nitrogens with zero attached hydrogens (tertiary/aromatic N) is 14. The van der Waals surface area contributed by atoms with Crippen molar-refractivity contribution < 1.29 is 90.5 Å². The number of ether oxygens (including phenoxy) is 6. The molecule has 3 saturated heterocycles. The van der Waals surface area contributed by atoms with Gasteiger partial charge in [-0.1, -0.05) is 59.2 Å². The summed E-state index contributed by atoms with van der Waals surface area (Å²) in [6.45, 7) is 15.6. The number of hydrogen-bond acceptors (Lipinski definition) is 24. The molecule has 5 aliphatic carbocycles. The number of pyridine rings is 1. The van der Waals surface area contributed by atoms with E-state index in [0.717, 1.165) is 144 Å². The fourth-order valence-corrected chi connectivity index (χ4v) is 23.6. The van der Waals surface area contributed by atoms with Crippen LogP contribution < -0.4 is 38.5 Å². The van der Waals surface area contributed by atoms with E-state index in [4.69, 9.17) is 48.8 Å². The van der Waals surface area contributed by atoms with E-state index in [1.807, 2.05) is 164 Å². The average Bonchev–Trinajstić information content (AvgIpc) is 1.60. The van der Waals surface area contributed by atoms with Crippen LogP contribution in [0.25, 0.3) is 66.5 Å². The number of halogens is 1. The van der Waals surface area contributed by atoms with Crippen LogP contribution in [0.5, 0.6) is 0 Å². The van der Waals surface area contributed by atoms with Gasteiger partial charge in [0.05, 0.1) is 132 Å². The summed E-state index contributed by atoms with van der Waals surface area (Å²) in [4.78, 5) is 70.6. The van der Waals surface area contributed by atoms with E-state index in [1.165, 1.54) is 40.7 Å². The van der Waals surface area contributed by atoms with Crippen molar-refractivity contribution in [1.29, 1.82) is 0 Å². The van der Waals surface area contributed by atoms with Crippen LogP contribution in [-0.4, -0.2) is 281 Å².